The minimum absolute atomic E-state index is 0.499. The zero-order chi connectivity index (χ0) is 16.4. The molecule has 6 amide bonds. The third-order valence-corrected chi connectivity index (χ3v) is 4.58. The predicted molar refractivity (Wildman–Crippen MR) is 77.0 cm³/mol. The Morgan fingerprint density at radius 1 is 1.09 bits per heavy atom. The first-order valence-corrected chi connectivity index (χ1v) is 7.02. The molecule has 2 saturated heterocycles. The molecule has 0 aliphatic carbocycles. The van der Waals surface area contributed by atoms with E-state index in [0.717, 1.165) is 0 Å². The van der Waals surface area contributed by atoms with E-state index >= 15 is 0 Å². The number of urea groups is 2. The van der Waals surface area contributed by atoms with Gasteiger partial charge in [0.2, 0.25) is 5.91 Å². The molecule has 4 rings (SSSR count). The smallest absolute Gasteiger partial charge is 0.323 e. The van der Waals surface area contributed by atoms with Crippen LogP contribution in [0.4, 0.5) is 15.3 Å². The number of nitrogens with zero attached hydrogens (tertiary/aromatic N) is 1. The lowest BCUT2D eigenvalue weighted by Crippen LogP contribution is -2.78. The largest absolute Gasteiger partial charge is 0.325 e. The monoisotopic (exact) mass is 315 g/mol. The van der Waals surface area contributed by atoms with Gasteiger partial charge in [0.15, 0.2) is 5.54 Å². The van der Waals surface area contributed by atoms with E-state index in [9.17, 15) is 19.2 Å². The summed E-state index contributed by atoms with van der Waals surface area (Å²) in [5.41, 5.74) is -0.513. The van der Waals surface area contributed by atoms with Gasteiger partial charge in [0.25, 0.3) is 5.91 Å². The van der Waals surface area contributed by atoms with Gasteiger partial charge in [0.1, 0.15) is 12.1 Å². The third kappa shape index (κ3) is 1.56. The van der Waals surface area contributed by atoms with Crippen molar-refractivity contribution in [1.29, 1.82) is 0 Å². The molecular weight excluding hydrogens is 302 g/mol. The van der Waals surface area contributed by atoms with Gasteiger partial charge in [0.05, 0.1) is 0 Å². The fourth-order valence-corrected chi connectivity index (χ4v) is 3.52. The average molecular weight is 315 g/mol. The number of anilines is 1. The average Bonchev–Trinajstić information content (AvgIpc) is 2.77. The van der Waals surface area contributed by atoms with Gasteiger partial charge in [-0.15, -0.1) is 0 Å². The number of amides is 6. The van der Waals surface area contributed by atoms with Crippen LogP contribution in [0.15, 0.2) is 24.3 Å². The normalized spacial score (nSPS) is 31.8. The molecule has 3 unspecified atom stereocenters. The Kier molecular flexibility index (Phi) is 2.48. The number of hydrogen-bond acceptors (Lipinski definition) is 4. The first-order chi connectivity index (χ1) is 10.9. The fraction of sp³-hybridized carbons (Fsp3) is 0.286. The summed E-state index contributed by atoms with van der Waals surface area (Å²) < 4.78 is 0. The molecule has 9 heteroatoms. The van der Waals surface area contributed by atoms with E-state index in [1.807, 2.05) is 0 Å². The Labute approximate surface area is 130 Å². The lowest BCUT2D eigenvalue weighted by Gasteiger charge is -2.49. The zero-order valence-corrected chi connectivity index (χ0v) is 12.0. The fourth-order valence-electron chi connectivity index (χ4n) is 3.52. The topological polar surface area (TPSA) is 120 Å². The molecule has 3 heterocycles. The molecular formula is C14H13N5O4. The van der Waals surface area contributed by atoms with Crippen molar-refractivity contribution in [3.05, 3.63) is 29.8 Å². The van der Waals surface area contributed by atoms with E-state index in [4.69, 9.17) is 0 Å². The molecule has 3 atom stereocenters. The molecule has 1 aromatic carbocycles. The van der Waals surface area contributed by atoms with Gasteiger partial charge in [-0.2, -0.15) is 0 Å². The summed E-state index contributed by atoms with van der Waals surface area (Å²) >= 11 is 0. The molecule has 2 fully saturated rings. The van der Waals surface area contributed by atoms with Crippen molar-refractivity contribution in [2.75, 3.05) is 12.4 Å². The molecule has 3 aliphatic rings. The Hall–Kier alpha value is -3.10. The number of benzene rings is 1. The van der Waals surface area contributed by atoms with Gasteiger partial charge in [-0.25, -0.2) is 9.59 Å². The van der Waals surface area contributed by atoms with E-state index in [0.29, 0.717) is 11.3 Å². The highest BCUT2D eigenvalue weighted by molar-refractivity contribution is 6.13. The second kappa shape index (κ2) is 4.22. The molecule has 0 saturated carbocycles. The van der Waals surface area contributed by atoms with Gasteiger partial charge in [0, 0.05) is 18.3 Å². The van der Waals surface area contributed by atoms with Crippen molar-refractivity contribution in [1.82, 2.24) is 20.9 Å². The maximum Gasteiger partial charge on any atom is 0.325 e. The van der Waals surface area contributed by atoms with Gasteiger partial charge in [-0.1, -0.05) is 18.2 Å². The highest BCUT2D eigenvalue weighted by atomic mass is 16.2. The molecule has 4 N–H and O–H groups in total. The van der Waals surface area contributed by atoms with E-state index < -0.39 is 41.5 Å². The highest BCUT2D eigenvalue weighted by Crippen LogP contribution is 2.45. The van der Waals surface area contributed by atoms with Gasteiger partial charge in [-0.3, -0.25) is 14.9 Å². The Morgan fingerprint density at radius 3 is 2.61 bits per heavy atom. The molecule has 1 spiro atoms. The summed E-state index contributed by atoms with van der Waals surface area (Å²) in [6, 6.07) is 5.60. The lowest BCUT2D eigenvalue weighted by atomic mass is 9.74. The number of hydrogen-bond donors (Lipinski definition) is 4. The van der Waals surface area contributed by atoms with Crippen LogP contribution in [0.25, 0.3) is 0 Å². The summed E-state index contributed by atoms with van der Waals surface area (Å²) in [6.07, 6.45) is -0.915. The van der Waals surface area contributed by atoms with Crippen LogP contribution in [0.2, 0.25) is 0 Å². The summed E-state index contributed by atoms with van der Waals surface area (Å²) in [7, 11) is 1.46. The number of rotatable bonds is 0. The van der Waals surface area contributed by atoms with Crippen LogP contribution < -0.4 is 21.3 Å². The zero-order valence-electron chi connectivity index (χ0n) is 12.0. The minimum atomic E-state index is -1.55. The second-order valence-electron chi connectivity index (χ2n) is 5.73. The van der Waals surface area contributed by atoms with Crippen molar-refractivity contribution >= 4 is 29.6 Å². The molecule has 3 aliphatic heterocycles. The highest BCUT2D eigenvalue weighted by Gasteiger charge is 2.64. The van der Waals surface area contributed by atoms with Crippen molar-refractivity contribution < 1.29 is 19.2 Å². The SMILES string of the molecule is CN1C(=O)NC(=O)C2C1NC(=O)NC21C(=O)Nc2ccccc21. The van der Waals surface area contributed by atoms with Gasteiger partial charge >= 0.3 is 12.1 Å². The van der Waals surface area contributed by atoms with Crippen molar-refractivity contribution in [3.8, 4) is 0 Å². The molecule has 118 valence electrons. The number of fused-ring (bicyclic) bond motifs is 4. The van der Waals surface area contributed by atoms with E-state index in [2.05, 4.69) is 21.3 Å². The Balaban J connectivity index is 1.94. The third-order valence-electron chi connectivity index (χ3n) is 4.58. The molecule has 0 aromatic heterocycles. The van der Waals surface area contributed by atoms with E-state index in [-0.39, 0.29) is 0 Å². The first kappa shape index (κ1) is 13.6. The van der Waals surface area contributed by atoms with Crippen molar-refractivity contribution in [3.63, 3.8) is 0 Å². The van der Waals surface area contributed by atoms with Crippen molar-refractivity contribution in [2.45, 2.75) is 11.7 Å². The molecule has 0 radical (unpaired) electrons. The number of nitrogens with one attached hydrogen (secondary N) is 4. The maximum atomic E-state index is 12.7. The second-order valence-corrected chi connectivity index (χ2v) is 5.73. The van der Waals surface area contributed by atoms with Crippen LogP contribution in [0.3, 0.4) is 0 Å². The summed E-state index contributed by atoms with van der Waals surface area (Å²) in [5, 5.41) is 10.1. The predicted octanol–water partition coefficient (Wildman–Crippen LogP) is -0.729. The Bertz CT molecular complexity index is 778. The molecule has 9 nitrogen and oxygen atoms in total. The number of imide groups is 1. The molecule has 23 heavy (non-hydrogen) atoms. The minimum Gasteiger partial charge on any atom is -0.323 e. The maximum absolute atomic E-state index is 12.7. The summed E-state index contributed by atoms with van der Waals surface area (Å²) in [5.74, 6) is -2.11. The van der Waals surface area contributed by atoms with Crippen LogP contribution in [0, 0.1) is 5.92 Å². The van der Waals surface area contributed by atoms with Crippen LogP contribution in [-0.4, -0.2) is 42.0 Å². The van der Waals surface area contributed by atoms with E-state index in [1.165, 1.54) is 11.9 Å². The number of carbonyl (C=O) groups excluding carboxylic acids is 4. The van der Waals surface area contributed by atoms with Crippen LogP contribution in [0.5, 0.6) is 0 Å². The van der Waals surface area contributed by atoms with Crippen LogP contribution in [0.1, 0.15) is 5.56 Å². The first-order valence-electron chi connectivity index (χ1n) is 7.02. The molecule has 1 aromatic rings. The van der Waals surface area contributed by atoms with Crippen LogP contribution >= 0.6 is 0 Å². The molecule has 0 bridgehead atoms. The van der Waals surface area contributed by atoms with E-state index in [1.54, 1.807) is 24.3 Å². The quantitative estimate of drug-likeness (QED) is 0.504. The number of para-hydroxylation sites is 1. The van der Waals surface area contributed by atoms with Crippen LogP contribution in [-0.2, 0) is 15.1 Å². The Morgan fingerprint density at radius 2 is 1.83 bits per heavy atom. The standard InChI is InChI=1S/C14H13N5O4/c1-19-9-8(10(20)17-13(19)23)14(18-12(22)16-9)6-4-2-3-5-7(6)15-11(14)21/h2-5,8-9H,1H3,(H,15,21)(H2,16,18,22)(H,17,20,23). The summed E-state index contributed by atoms with van der Waals surface area (Å²) in [6.45, 7) is 0. The van der Waals surface area contributed by atoms with Crippen molar-refractivity contribution in [2.24, 2.45) is 5.92 Å². The lowest BCUT2D eigenvalue weighted by molar-refractivity contribution is -0.140. The van der Waals surface area contributed by atoms with Gasteiger partial charge in [-0.05, 0) is 6.07 Å². The number of carbonyl (C=O) groups is 4. The van der Waals surface area contributed by atoms with Gasteiger partial charge < -0.3 is 20.9 Å². The summed E-state index contributed by atoms with van der Waals surface area (Å²) in [4.78, 5) is 50.3.